The van der Waals surface area contributed by atoms with Crippen molar-refractivity contribution in [1.82, 2.24) is 9.97 Å². The summed E-state index contributed by atoms with van der Waals surface area (Å²) in [7, 11) is -2.29. The molecule has 8 nitrogen and oxygen atoms in total. The maximum absolute atomic E-state index is 13.5. The van der Waals surface area contributed by atoms with E-state index in [9.17, 15) is 28.1 Å². The second kappa shape index (κ2) is 11.2. The number of aliphatic hydroxyl groups is 2. The molecule has 0 aliphatic carbocycles. The summed E-state index contributed by atoms with van der Waals surface area (Å²) >= 11 is 0. The maximum atomic E-state index is 13.5. The Bertz CT molecular complexity index is 1160. The van der Waals surface area contributed by atoms with Gasteiger partial charge in [-0.05, 0) is 30.2 Å². The van der Waals surface area contributed by atoms with Gasteiger partial charge < -0.3 is 15.3 Å². The predicted molar refractivity (Wildman–Crippen MR) is 123 cm³/mol. The quantitative estimate of drug-likeness (QED) is 0.527. The highest BCUT2D eigenvalue weighted by Gasteiger charge is 2.22. The van der Waals surface area contributed by atoms with Crippen molar-refractivity contribution in [3.63, 3.8) is 0 Å². The van der Waals surface area contributed by atoms with Crippen molar-refractivity contribution in [1.29, 1.82) is 0 Å². The van der Waals surface area contributed by atoms with Gasteiger partial charge in [-0.2, -0.15) is 6.11 Å². The van der Waals surface area contributed by atoms with Crippen molar-refractivity contribution in [3.05, 3.63) is 47.4 Å². The Kier molecular flexibility index (Phi) is 8.93. The van der Waals surface area contributed by atoms with Crippen LogP contribution in [0.4, 0.5) is 10.3 Å². The zero-order chi connectivity index (χ0) is 24.8. The first-order valence-corrected chi connectivity index (χ1v) is 12.0. The van der Waals surface area contributed by atoms with Gasteiger partial charge in [0.15, 0.2) is 0 Å². The highest BCUT2D eigenvalue weighted by atomic mass is 32.2. The summed E-state index contributed by atoms with van der Waals surface area (Å²) in [4.78, 5) is 8.89. The van der Waals surface area contributed by atoms with Crippen LogP contribution >= 0.6 is 0 Å². The first kappa shape index (κ1) is 26.3. The lowest BCUT2D eigenvalue weighted by molar-refractivity contribution is -0.247. The fourth-order valence-corrected chi connectivity index (χ4v) is 3.38. The maximum Gasteiger partial charge on any atom is 0.239 e. The van der Waals surface area contributed by atoms with E-state index in [2.05, 4.69) is 15.9 Å². The molecule has 178 valence electrons. The van der Waals surface area contributed by atoms with E-state index in [4.69, 9.17) is 0 Å². The average molecular weight is 477 g/mol. The molecule has 0 aliphatic rings. The highest BCUT2D eigenvalue weighted by Crippen LogP contribution is 2.31. The number of anilines is 1. The molecule has 0 amide bonds. The largest absolute Gasteiger partial charge is 0.833 e. The lowest BCUT2D eigenvalue weighted by Gasteiger charge is -2.20. The molecule has 1 heterocycles. The van der Waals surface area contributed by atoms with E-state index < -0.39 is 28.0 Å². The van der Waals surface area contributed by atoms with Crippen molar-refractivity contribution in [2.45, 2.75) is 44.8 Å². The molecule has 1 aromatic carbocycles. The van der Waals surface area contributed by atoms with E-state index >= 15 is 0 Å². The summed E-state index contributed by atoms with van der Waals surface area (Å²) in [6, 6.07) is 5.57. The van der Waals surface area contributed by atoms with Crippen LogP contribution in [0, 0.1) is 17.8 Å². The van der Waals surface area contributed by atoms with Crippen molar-refractivity contribution in [2.75, 3.05) is 17.6 Å². The Morgan fingerprint density at radius 1 is 1.21 bits per heavy atom. The molecule has 10 heteroatoms. The van der Waals surface area contributed by atoms with Crippen molar-refractivity contribution in [3.8, 4) is 23.3 Å². The molecule has 0 radical (unpaired) electrons. The summed E-state index contributed by atoms with van der Waals surface area (Å²) in [6.07, 6.45) is 3.42. The topological polar surface area (TPSA) is 127 Å². The van der Waals surface area contributed by atoms with E-state index in [1.54, 1.807) is 6.08 Å². The lowest BCUT2D eigenvalue weighted by Crippen LogP contribution is -2.27. The predicted octanol–water partition coefficient (Wildman–Crippen LogP) is 1.64. The summed E-state index contributed by atoms with van der Waals surface area (Å²) in [5.74, 6) is 1.60. The molecule has 2 rings (SSSR count). The van der Waals surface area contributed by atoms with Crippen LogP contribution in [0.2, 0.25) is 0 Å². The van der Waals surface area contributed by atoms with Gasteiger partial charge in [0.2, 0.25) is 16.0 Å². The zero-order valence-corrected chi connectivity index (χ0v) is 19.7. The normalized spacial score (nSPS) is 13.6. The highest BCUT2D eigenvalue weighted by molar-refractivity contribution is 7.92. The van der Waals surface area contributed by atoms with Crippen LogP contribution in [-0.4, -0.2) is 54.1 Å². The average Bonchev–Trinajstić information content (AvgIpc) is 2.75. The molecule has 0 unspecified atom stereocenters. The van der Waals surface area contributed by atoms with Crippen LogP contribution in [0.1, 0.15) is 43.9 Å². The number of aromatic nitrogens is 2. The van der Waals surface area contributed by atoms with E-state index in [1.165, 1.54) is 43.5 Å². The molecule has 2 aromatic rings. The summed E-state index contributed by atoms with van der Waals surface area (Å²) < 4.78 is 38.6. The number of benzene rings is 1. The fraction of sp³-hybridized carbons (Fsp3) is 0.391. The van der Waals surface area contributed by atoms with Gasteiger partial charge >= 0.3 is 0 Å². The van der Waals surface area contributed by atoms with E-state index in [0.29, 0.717) is 22.5 Å². The molecule has 0 saturated carbocycles. The van der Waals surface area contributed by atoms with Gasteiger partial charge in [-0.25, -0.2) is 27.1 Å². The van der Waals surface area contributed by atoms with Crippen LogP contribution in [0.3, 0.4) is 0 Å². The Hall–Kier alpha value is -3.00. The van der Waals surface area contributed by atoms with E-state index in [0.717, 1.165) is 10.6 Å². The summed E-state index contributed by atoms with van der Waals surface area (Å²) in [5.41, 5.74) is 1.94. The smallest absolute Gasteiger partial charge is 0.239 e. The molecule has 33 heavy (non-hydrogen) atoms. The Morgan fingerprint density at radius 2 is 1.85 bits per heavy atom. The standard InChI is InChI=1S/C23H28FN3O5S/c1-15(2)21-20(12-11-19(30)14-18(29)6-5-13-28)22(16-7-9-17(24)10-8-16)26-23(25-21)27(3)33(4,31)32/h7-12,15,18-19,28-30H,6,14H2,1-4H3/p-1/b12-11+/t18-,19+/m0/s1. The zero-order valence-electron chi connectivity index (χ0n) is 18.9. The molecule has 1 aromatic heterocycles. The third kappa shape index (κ3) is 7.25. The molecule has 0 spiro atoms. The third-order valence-corrected chi connectivity index (χ3v) is 5.97. The number of rotatable bonds is 9. The molecule has 2 N–H and O–H groups in total. The summed E-state index contributed by atoms with van der Waals surface area (Å²) in [5, 5.41) is 30.4. The SMILES string of the molecule is CC(C)c1nc(N(C)S(C)(=O)=O)nc(-c2ccc(F)cc2)c1/C=C/[C@@H](O)C[C@@H](O)CC#C[O-]. The third-order valence-electron chi connectivity index (χ3n) is 4.82. The van der Waals surface area contributed by atoms with Gasteiger partial charge in [0.25, 0.3) is 0 Å². The lowest BCUT2D eigenvalue weighted by atomic mass is 9.97. The van der Waals surface area contributed by atoms with Crippen molar-refractivity contribution in [2.24, 2.45) is 0 Å². The fourth-order valence-electron chi connectivity index (χ4n) is 3.00. The Morgan fingerprint density at radius 3 is 2.39 bits per heavy atom. The number of hydrogen-bond acceptors (Lipinski definition) is 7. The first-order chi connectivity index (χ1) is 15.4. The second-order valence-corrected chi connectivity index (χ2v) is 9.88. The van der Waals surface area contributed by atoms with Crippen LogP contribution in [0.15, 0.2) is 30.3 Å². The molecule has 0 aliphatic heterocycles. The van der Waals surface area contributed by atoms with Gasteiger partial charge in [-0.15, -0.1) is 5.92 Å². The molecular weight excluding hydrogens is 449 g/mol. The minimum Gasteiger partial charge on any atom is -0.833 e. The van der Waals surface area contributed by atoms with Gasteiger partial charge in [-0.3, -0.25) is 0 Å². The Labute approximate surface area is 193 Å². The number of nitrogens with zero attached hydrogens (tertiary/aromatic N) is 3. The van der Waals surface area contributed by atoms with Crippen LogP contribution in [-0.2, 0) is 10.0 Å². The van der Waals surface area contributed by atoms with Crippen LogP contribution < -0.4 is 9.41 Å². The van der Waals surface area contributed by atoms with Gasteiger partial charge in [0, 0.05) is 31.0 Å². The number of halogens is 1. The first-order valence-electron chi connectivity index (χ1n) is 10.2. The minimum atomic E-state index is -3.63. The van der Waals surface area contributed by atoms with Crippen LogP contribution in [0.25, 0.3) is 17.3 Å². The van der Waals surface area contributed by atoms with Crippen LogP contribution in [0.5, 0.6) is 0 Å². The molecule has 0 saturated heterocycles. The molecule has 2 atom stereocenters. The van der Waals surface area contributed by atoms with Gasteiger partial charge in [-0.1, -0.05) is 26.0 Å². The molecule has 0 fully saturated rings. The monoisotopic (exact) mass is 476 g/mol. The van der Waals surface area contributed by atoms with E-state index in [1.807, 2.05) is 13.8 Å². The summed E-state index contributed by atoms with van der Waals surface area (Å²) in [6.45, 7) is 3.75. The van der Waals surface area contributed by atoms with Crippen molar-refractivity contribution >= 4 is 22.0 Å². The van der Waals surface area contributed by atoms with Gasteiger partial charge in [0.05, 0.1) is 29.9 Å². The van der Waals surface area contributed by atoms with Gasteiger partial charge in [0.1, 0.15) is 5.82 Å². The minimum absolute atomic E-state index is 0.0372. The Balaban J connectivity index is 2.61. The second-order valence-electron chi connectivity index (χ2n) is 7.86. The van der Waals surface area contributed by atoms with E-state index in [-0.39, 0.29) is 24.7 Å². The van der Waals surface area contributed by atoms with Crippen molar-refractivity contribution < 1.29 is 28.1 Å². The number of hydrogen-bond donors (Lipinski definition) is 2. The number of aliphatic hydroxyl groups excluding tert-OH is 2. The molecular formula is C23H27FN3O5S-. The molecule has 0 bridgehead atoms. The number of sulfonamides is 1.